The lowest BCUT2D eigenvalue weighted by molar-refractivity contribution is -0.119. The summed E-state index contributed by atoms with van der Waals surface area (Å²) in [7, 11) is 3.28. The van der Waals surface area contributed by atoms with Crippen molar-refractivity contribution in [3.63, 3.8) is 0 Å². The van der Waals surface area contributed by atoms with Crippen LogP contribution in [0.1, 0.15) is 46.6 Å². The number of likely N-dealkylation sites (N-methyl/N-ethyl adjacent to an activating group) is 1. The number of methoxy groups -OCH3 is 1. The molecule has 2 amide bonds. The Balaban J connectivity index is 1.36. The fraction of sp³-hybridized carbons (Fsp3) is 0.370. The largest absolute Gasteiger partial charge is 0.494 e. The molecule has 11 heteroatoms. The number of amides is 2. The maximum Gasteiger partial charge on any atom is 0.258 e. The van der Waals surface area contributed by atoms with E-state index < -0.39 is 11.3 Å². The minimum Gasteiger partial charge on any atom is -0.494 e. The second-order valence-electron chi connectivity index (χ2n) is 9.59. The molecular weight excluding hydrogens is 526 g/mol. The molecule has 6 rings (SSSR count). The van der Waals surface area contributed by atoms with Crippen molar-refractivity contribution in [3.05, 3.63) is 45.7 Å². The minimum absolute atomic E-state index is 0.0487. The summed E-state index contributed by atoms with van der Waals surface area (Å²) in [6, 6.07) is 5.33. The number of aromatic nitrogens is 3. The molecule has 3 aromatic rings. The predicted octanol–water partition coefficient (Wildman–Crippen LogP) is 4.30. The van der Waals surface area contributed by atoms with Crippen molar-refractivity contribution in [2.45, 2.75) is 31.1 Å². The molecule has 0 bridgehead atoms. The Bertz CT molecular complexity index is 1520. The van der Waals surface area contributed by atoms with E-state index in [1.165, 1.54) is 24.6 Å². The molecule has 38 heavy (non-hydrogen) atoms. The third-order valence-electron chi connectivity index (χ3n) is 7.32. The van der Waals surface area contributed by atoms with Gasteiger partial charge in [0.05, 0.1) is 18.7 Å². The van der Waals surface area contributed by atoms with Crippen molar-refractivity contribution in [2.75, 3.05) is 37.6 Å². The molecule has 2 aromatic heterocycles. The van der Waals surface area contributed by atoms with Crippen molar-refractivity contribution >= 4 is 45.6 Å². The third-order valence-corrected chi connectivity index (χ3v) is 8.28. The lowest BCUT2D eigenvalue weighted by atomic mass is 9.90. The smallest absolute Gasteiger partial charge is 0.258 e. The van der Waals surface area contributed by atoms with Gasteiger partial charge in [-0.05, 0) is 60.9 Å². The van der Waals surface area contributed by atoms with Gasteiger partial charge in [-0.3, -0.25) is 14.9 Å². The summed E-state index contributed by atoms with van der Waals surface area (Å²) in [4.78, 5) is 32.5. The first-order chi connectivity index (χ1) is 18.4. The molecule has 194 valence electrons. The number of rotatable bonds is 4. The van der Waals surface area contributed by atoms with E-state index in [1.54, 1.807) is 24.1 Å². The van der Waals surface area contributed by atoms with Gasteiger partial charge in [-0.2, -0.15) is 0 Å². The zero-order valence-electron chi connectivity index (χ0n) is 20.8. The summed E-state index contributed by atoms with van der Waals surface area (Å²) >= 11 is 7.45. The van der Waals surface area contributed by atoms with Crippen molar-refractivity contribution in [3.8, 4) is 28.7 Å². The third kappa shape index (κ3) is 4.30. The first kappa shape index (κ1) is 24.8. The monoisotopic (exact) mass is 549 g/mol. The highest BCUT2D eigenvalue weighted by Gasteiger charge is 2.58. The standard InChI is InChI=1S/C27H24ClN5O4S/c1-33-20-12-18(24(34)30-26-32-31-23(38-26)4-3-15-5-9-37-10-6-15)16(11-19(20)27(7-8-27)25(33)35)17-13-22(28)29-14-21(17)36-2/h11-15H,5-10H2,1-2H3,(H,30,32,34). The Morgan fingerprint density at radius 2 is 2.03 bits per heavy atom. The van der Waals surface area contributed by atoms with Gasteiger partial charge in [0.2, 0.25) is 11.0 Å². The molecule has 2 aliphatic heterocycles. The molecular formula is C27H24ClN5O4S. The highest BCUT2D eigenvalue weighted by molar-refractivity contribution is 7.15. The number of nitrogens with one attached hydrogen (secondary N) is 1. The highest BCUT2D eigenvalue weighted by Crippen LogP contribution is 2.58. The van der Waals surface area contributed by atoms with E-state index in [9.17, 15) is 9.59 Å². The molecule has 1 spiro atoms. The van der Waals surface area contributed by atoms with Crippen LogP contribution in [0.5, 0.6) is 5.75 Å². The maximum atomic E-state index is 13.7. The average molecular weight is 550 g/mol. The number of pyridine rings is 1. The summed E-state index contributed by atoms with van der Waals surface area (Å²) in [5.74, 6) is 6.70. The zero-order chi connectivity index (χ0) is 26.4. The van der Waals surface area contributed by atoms with E-state index in [4.69, 9.17) is 21.1 Å². The van der Waals surface area contributed by atoms with Crippen LogP contribution in [0, 0.1) is 17.8 Å². The summed E-state index contributed by atoms with van der Waals surface area (Å²) in [6.07, 6.45) is 4.88. The van der Waals surface area contributed by atoms with Crippen molar-refractivity contribution in [1.29, 1.82) is 0 Å². The average Bonchev–Trinajstić information content (AvgIpc) is 3.58. The van der Waals surface area contributed by atoms with Crippen LogP contribution in [0.15, 0.2) is 24.4 Å². The normalized spacial score (nSPS) is 17.7. The Labute approximate surface area is 228 Å². The maximum absolute atomic E-state index is 13.7. The number of anilines is 2. The molecule has 1 aliphatic carbocycles. The molecule has 1 N–H and O–H groups in total. The highest BCUT2D eigenvalue weighted by atomic mass is 35.5. The van der Waals surface area contributed by atoms with E-state index in [0.29, 0.717) is 32.6 Å². The summed E-state index contributed by atoms with van der Waals surface area (Å²) in [6.45, 7) is 1.44. The SMILES string of the molecule is COc1cnc(Cl)cc1-c1cc2c(cc1C(=O)Nc1nnc(C#CC3CCOCC3)s1)N(C)C(=O)C21CC1. The predicted molar refractivity (Wildman–Crippen MR) is 144 cm³/mol. The molecule has 9 nitrogen and oxygen atoms in total. The number of hydrogen-bond donors (Lipinski definition) is 1. The molecule has 3 aliphatic rings. The van der Waals surface area contributed by atoms with E-state index in [2.05, 4.69) is 32.3 Å². The first-order valence-electron chi connectivity index (χ1n) is 12.3. The van der Waals surface area contributed by atoms with Gasteiger partial charge in [0.1, 0.15) is 10.9 Å². The van der Waals surface area contributed by atoms with Gasteiger partial charge in [-0.1, -0.05) is 28.9 Å². The lowest BCUT2D eigenvalue weighted by Gasteiger charge is -2.17. The summed E-state index contributed by atoms with van der Waals surface area (Å²) in [5.41, 5.74) is 2.68. The number of carbonyl (C=O) groups is 2. The van der Waals surface area contributed by atoms with Gasteiger partial charge in [0.25, 0.3) is 5.91 Å². The van der Waals surface area contributed by atoms with Crippen LogP contribution in [0.2, 0.25) is 5.15 Å². The number of benzene rings is 1. The van der Waals surface area contributed by atoms with E-state index >= 15 is 0 Å². The van der Waals surface area contributed by atoms with Gasteiger partial charge in [0, 0.05) is 43.0 Å². The molecule has 4 heterocycles. The number of halogens is 1. The number of hydrogen-bond acceptors (Lipinski definition) is 8. The van der Waals surface area contributed by atoms with Gasteiger partial charge in [-0.25, -0.2) is 4.98 Å². The Morgan fingerprint density at radius 1 is 1.24 bits per heavy atom. The fourth-order valence-corrected chi connectivity index (χ4v) is 5.86. The van der Waals surface area contributed by atoms with Crippen LogP contribution in [-0.4, -0.2) is 54.4 Å². The second-order valence-corrected chi connectivity index (χ2v) is 11.0. The molecule has 0 radical (unpaired) electrons. The van der Waals surface area contributed by atoms with Crippen LogP contribution in [0.25, 0.3) is 11.1 Å². The summed E-state index contributed by atoms with van der Waals surface area (Å²) < 4.78 is 10.9. The molecule has 1 aromatic carbocycles. The fourth-order valence-electron chi connectivity index (χ4n) is 5.10. The Kier molecular flexibility index (Phi) is 6.30. The van der Waals surface area contributed by atoms with Crippen LogP contribution >= 0.6 is 22.9 Å². The lowest BCUT2D eigenvalue weighted by Crippen LogP contribution is -2.28. The van der Waals surface area contributed by atoms with Gasteiger partial charge < -0.3 is 14.4 Å². The molecule has 1 saturated carbocycles. The van der Waals surface area contributed by atoms with E-state index in [-0.39, 0.29) is 17.0 Å². The number of ether oxygens (including phenoxy) is 2. The minimum atomic E-state index is -0.519. The van der Waals surface area contributed by atoms with Crippen LogP contribution in [0.3, 0.4) is 0 Å². The van der Waals surface area contributed by atoms with E-state index in [0.717, 1.165) is 50.1 Å². The molecule has 0 atom stereocenters. The summed E-state index contributed by atoms with van der Waals surface area (Å²) in [5, 5.41) is 12.2. The van der Waals surface area contributed by atoms with E-state index in [1.807, 2.05) is 6.07 Å². The van der Waals surface area contributed by atoms with Crippen molar-refractivity contribution in [1.82, 2.24) is 15.2 Å². The number of nitrogens with zero attached hydrogens (tertiary/aromatic N) is 4. The van der Waals surface area contributed by atoms with Crippen molar-refractivity contribution < 1.29 is 19.1 Å². The van der Waals surface area contributed by atoms with Crippen LogP contribution in [-0.2, 0) is 14.9 Å². The Morgan fingerprint density at radius 3 is 2.76 bits per heavy atom. The topological polar surface area (TPSA) is 107 Å². The van der Waals surface area contributed by atoms with Gasteiger partial charge in [0.15, 0.2) is 5.01 Å². The van der Waals surface area contributed by atoms with Crippen molar-refractivity contribution in [2.24, 2.45) is 5.92 Å². The van der Waals surface area contributed by atoms with Gasteiger partial charge in [-0.15, -0.1) is 10.2 Å². The van der Waals surface area contributed by atoms with Crippen LogP contribution in [0.4, 0.5) is 10.8 Å². The quantitative estimate of drug-likeness (QED) is 0.382. The van der Waals surface area contributed by atoms with Gasteiger partial charge >= 0.3 is 0 Å². The molecule has 0 unspecified atom stereocenters. The number of carbonyl (C=O) groups excluding carboxylic acids is 2. The number of fused-ring (bicyclic) bond motifs is 2. The molecule has 1 saturated heterocycles. The van der Waals surface area contributed by atoms with Crippen LogP contribution < -0.4 is 15.0 Å². The first-order valence-corrected chi connectivity index (χ1v) is 13.5. The Hall–Kier alpha value is -3.52. The second kappa shape index (κ2) is 9.66. The molecule has 2 fully saturated rings. The zero-order valence-corrected chi connectivity index (χ0v) is 22.4.